The zero-order valence-electron chi connectivity index (χ0n) is 14.8. The fourth-order valence-electron chi connectivity index (χ4n) is 2.21. The lowest BCUT2D eigenvalue weighted by molar-refractivity contribution is -0.130. The average Bonchev–Trinajstić information content (AvgIpc) is 3.04. The molecule has 2 rings (SSSR count). The van der Waals surface area contributed by atoms with E-state index in [1.807, 2.05) is 31.2 Å². The van der Waals surface area contributed by atoms with Gasteiger partial charge in [-0.1, -0.05) is 23.7 Å². The lowest BCUT2D eigenvalue weighted by atomic mass is 10.2. The molecular formula is C17H21ClN2O4S2. The van der Waals surface area contributed by atoms with Crippen LogP contribution in [0.25, 0.3) is 0 Å². The number of likely N-dealkylation sites (N-methyl/N-ethyl adjacent to an activating group) is 2. The Kier molecular flexibility index (Phi) is 7.05. The summed E-state index contributed by atoms with van der Waals surface area (Å²) < 4.78 is 31.8. The van der Waals surface area contributed by atoms with Crippen molar-refractivity contribution in [3.63, 3.8) is 0 Å². The summed E-state index contributed by atoms with van der Waals surface area (Å²) >= 11 is 6.77. The van der Waals surface area contributed by atoms with E-state index in [0.29, 0.717) is 17.5 Å². The van der Waals surface area contributed by atoms with Crippen LogP contribution in [0.15, 0.2) is 40.6 Å². The van der Waals surface area contributed by atoms with Crippen molar-refractivity contribution in [3.8, 4) is 5.75 Å². The Bertz CT molecular complexity index is 850. The van der Waals surface area contributed by atoms with Gasteiger partial charge in [0.25, 0.3) is 10.0 Å². The topological polar surface area (TPSA) is 66.9 Å². The summed E-state index contributed by atoms with van der Waals surface area (Å²) in [5, 5.41) is 0. The number of hydrogen-bond donors (Lipinski definition) is 0. The molecule has 0 fully saturated rings. The van der Waals surface area contributed by atoms with Crippen LogP contribution in [0.1, 0.15) is 12.5 Å². The molecule has 0 saturated heterocycles. The van der Waals surface area contributed by atoms with E-state index in [4.69, 9.17) is 16.3 Å². The number of amides is 1. The van der Waals surface area contributed by atoms with Crippen LogP contribution in [0.4, 0.5) is 0 Å². The molecule has 142 valence electrons. The van der Waals surface area contributed by atoms with Crippen molar-refractivity contribution in [2.24, 2.45) is 0 Å². The van der Waals surface area contributed by atoms with Crippen molar-refractivity contribution in [1.82, 2.24) is 9.21 Å². The molecular weight excluding hydrogens is 396 g/mol. The van der Waals surface area contributed by atoms with E-state index in [0.717, 1.165) is 27.0 Å². The van der Waals surface area contributed by atoms with E-state index in [-0.39, 0.29) is 16.7 Å². The van der Waals surface area contributed by atoms with E-state index >= 15 is 0 Å². The summed E-state index contributed by atoms with van der Waals surface area (Å²) in [6.07, 6.45) is 0. The molecule has 1 aromatic heterocycles. The molecule has 26 heavy (non-hydrogen) atoms. The number of nitrogens with zero attached hydrogens (tertiary/aromatic N) is 2. The van der Waals surface area contributed by atoms with Crippen LogP contribution >= 0.6 is 22.9 Å². The second-order valence-electron chi connectivity index (χ2n) is 5.65. The van der Waals surface area contributed by atoms with Crippen LogP contribution < -0.4 is 4.74 Å². The molecule has 0 N–H and O–H groups in total. The number of halogens is 1. The zero-order chi connectivity index (χ0) is 19.3. The van der Waals surface area contributed by atoms with E-state index in [9.17, 15) is 13.2 Å². The third kappa shape index (κ3) is 5.20. The number of carbonyl (C=O) groups excluding carboxylic acids is 1. The predicted molar refractivity (Wildman–Crippen MR) is 103 cm³/mol. The zero-order valence-corrected chi connectivity index (χ0v) is 17.2. The van der Waals surface area contributed by atoms with Gasteiger partial charge >= 0.3 is 0 Å². The highest BCUT2D eigenvalue weighted by Gasteiger charge is 2.25. The highest BCUT2D eigenvalue weighted by Crippen LogP contribution is 2.27. The standard InChI is InChI=1S/C17H21ClN2O4S2/c1-4-24-14-7-5-13(6-8-14)11-19(2)16(21)12-20(3)26(22,23)17-10-9-15(18)25-17/h5-10H,4,11-12H2,1-3H3. The van der Waals surface area contributed by atoms with Gasteiger partial charge in [0.2, 0.25) is 5.91 Å². The van der Waals surface area contributed by atoms with Crippen LogP contribution in [0, 0.1) is 0 Å². The average molecular weight is 417 g/mol. The second kappa shape index (κ2) is 8.85. The Morgan fingerprint density at radius 3 is 2.35 bits per heavy atom. The molecule has 0 radical (unpaired) electrons. The van der Waals surface area contributed by atoms with E-state index in [1.54, 1.807) is 7.05 Å². The number of ether oxygens (including phenoxy) is 1. The first kappa shape index (κ1) is 20.7. The second-order valence-corrected chi connectivity index (χ2v) is 9.63. The quantitative estimate of drug-likeness (QED) is 0.663. The number of thiophene rings is 1. The van der Waals surface area contributed by atoms with Crippen molar-refractivity contribution in [3.05, 3.63) is 46.3 Å². The third-order valence-electron chi connectivity index (χ3n) is 3.65. The summed E-state index contributed by atoms with van der Waals surface area (Å²) in [6.45, 7) is 2.64. The van der Waals surface area contributed by atoms with Gasteiger partial charge in [0, 0.05) is 20.6 Å². The summed E-state index contributed by atoms with van der Waals surface area (Å²) in [4.78, 5) is 13.9. The summed E-state index contributed by atoms with van der Waals surface area (Å²) in [7, 11) is -0.707. The molecule has 1 amide bonds. The van der Waals surface area contributed by atoms with Gasteiger partial charge in [-0.2, -0.15) is 4.31 Å². The van der Waals surface area contributed by atoms with E-state index in [2.05, 4.69) is 0 Å². The molecule has 0 aliphatic carbocycles. The molecule has 2 aromatic rings. The van der Waals surface area contributed by atoms with Crippen molar-refractivity contribution < 1.29 is 17.9 Å². The van der Waals surface area contributed by atoms with Crippen LogP contribution in [-0.4, -0.2) is 50.8 Å². The molecule has 0 spiro atoms. The van der Waals surface area contributed by atoms with Gasteiger partial charge in [0.15, 0.2) is 0 Å². The highest BCUT2D eigenvalue weighted by atomic mass is 35.5. The van der Waals surface area contributed by atoms with E-state index < -0.39 is 10.0 Å². The Morgan fingerprint density at radius 2 is 1.81 bits per heavy atom. The molecule has 0 aliphatic heterocycles. The maximum atomic E-state index is 12.5. The SMILES string of the molecule is CCOc1ccc(CN(C)C(=O)CN(C)S(=O)(=O)c2ccc(Cl)s2)cc1. The van der Waals surface area contributed by atoms with Crippen molar-refractivity contribution in [2.45, 2.75) is 17.7 Å². The van der Waals surface area contributed by atoms with Gasteiger partial charge in [-0.05, 0) is 36.8 Å². The predicted octanol–water partition coefficient (Wildman–Crippen LogP) is 3.08. The molecule has 9 heteroatoms. The van der Waals surface area contributed by atoms with Crippen molar-refractivity contribution >= 4 is 38.9 Å². The normalized spacial score (nSPS) is 11.6. The molecule has 6 nitrogen and oxygen atoms in total. The summed E-state index contributed by atoms with van der Waals surface area (Å²) in [6, 6.07) is 10.4. The van der Waals surface area contributed by atoms with Crippen molar-refractivity contribution in [2.75, 3.05) is 27.2 Å². The fraction of sp³-hybridized carbons (Fsp3) is 0.353. The first-order valence-corrected chi connectivity index (χ1v) is 10.5. The third-order valence-corrected chi connectivity index (χ3v) is 7.15. The summed E-state index contributed by atoms with van der Waals surface area (Å²) in [5.41, 5.74) is 0.930. The molecule has 1 aromatic carbocycles. The van der Waals surface area contributed by atoms with Crippen LogP contribution in [0.5, 0.6) is 5.75 Å². The minimum absolute atomic E-state index is 0.118. The minimum atomic E-state index is -3.73. The lowest BCUT2D eigenvalue weighted by Gasteiger charge is -2.21. The van der Waals surface area contributed by atoms with Crippen LogP contribution in [0.3, 0.4) is 0 Å². The maximum Gasteiger partial charge on any atom is 0.252 e. The largest absolute Gasteiger partial charge is 0.494 e. The Labute approximate surface area is 163 Å². The van der Waals surface area contributed by atoms with Crippen LogP contribution in [0.2, 0.25) is 4.34 Å². The van der Waals surface area contributed by atoms with Gasteiger partial charge in [-0.3, -0.25) is 4.79 Å². The highest BCUT2D eigenvalue weighted by molar-refractivity contribution is 7.91. The van der Waals surface area contributed by atoms with Gasteiger partial charge in [-0.25, -0.2) is 8.42 Å². The van der Waals surface area contributed by atoms with Gasteiger partial charge < -0.3 is 9.64 Å². The number of benzene rings is 1. The number of carbonyl (C=O) groups is 1. The lowest BCUT2D eigenvalue weighted by Crippen LogP contribution is -2.38. The van der Waals surface area contributed by atoms with Crippen LogP contribution in [-0.2, 0) is 21.4 Å². The molecule has 0 bridgehead atoms. The number of rotatable bonds is 8. The molecule has 0 aliphatic rings. The Hall–Kier alpha value is -1.61. The number of sulfonamides is 1. The first-order valence-electron chi connectivity index (χ1n) is 7.91. The first-order chi connectivity index (χ1) is 12.2. The molecule has 1 heterocycles. The molecule has 0 atom stereocenters. The van der Waals surface area contributed by atoms with E-state index in [1.165, 1.54) is 24.1 Å². The molecule has 0 unspecified atom stereocenters. The maximum absolute atomic E-state index is 12.5. The monoisotopic (exact) mass is 416 g/mol. The molecule has 0 saturated carbocycles. The van der Waals surface area contributed by atoms with Crippen molar-refractivity contribution in [1.29, 1.82) is 0 Å². The van der Waals surface area contributed by atoms with Gasteiger partial charge in [0.1, 0.15) is 9.96 Å². The van der Waals surface area contributed by atoms with Gasteiger partial charge in [-0.15, -0.1) is 11.3 Å². The van der Waals surface area contributed by atoms with Gasteiger partial charge in [0.05, 0.1) is 17.5 Å². The number of hydrogen-bond acceptors (Lipinski definition) is 5. The minimum Gasteiger partial charge on any atom is -0.494 e. The fourth-order valence-corrected chi connectivity index (χ4v) is 5.02. The summed E-state index contributed by atoms with van der Waals surface area (Å²) in [5.74, 6) is 0.471. The smallest absolute Gasteiger partial charge is 0.252 e. The Morgan fingerprint density at radius 1 is 1.15 bits per heavy atom. The Balaban J connectivity index is 1.97.